The van der Waals surface area contributed by atoms with E-state index < -0.39 is 16.0 Å². The summed E-state index contributed by atoms with van der Waals surface area (Å²) in [5.41, 5.74) is 4.30. The Bertz CT molecular complexity index is 1160. The molecule has 8 nitrogen and oxygen atoms in total. The second-order valence-corrected chi connectivity index (χ2v) is 8.62. The zero-order valence-corrected chi connectivity index (χ0v) is 16.7. The zero-order valence-electron chi connectivity index (χ0n) is 15.9. The Hall–Kier alpha value is -2.91. The lowest BCUT2D eigenvalue weighted by atomic mass is 9.91. The number of aromatic amines is 1. The molecule has 2 aromatic rings. The molecule has 2 heterocycles. The largest absolute Gasteiger partial charge is 0.461 e. The van der Waals surface area contributed by atoms with Gasteiger partial charge in [0.2, 0.25) is 10.0 Å². The van der Waals surface area contributed by atoms with Crippen molar-refractivity contribution >= 4 is 39.2 Å². The van der Waals surface area contributed by atoms with Gasteiger partial charge in [-0.15, -0.1) is 0 Å². The summed E-state index contributed by atoms with van der Waals surface area (Å²) in [6, 6.07) is 4.25. The molecule has 4 N–H and O–H groups in total. The van der Waals surface area contributed by atoms with Gasteiger partial charge in [-0.3, -0.25) is 4.79 Å². The molecule has 2 aliphatic rings. The van der Waals surface area contributed by atoms with Gasteiger partial charge < -0.3 is 15.0 Å². The monoisotopic (exact) mass is 415 g/mol. The smallest absolute Gasteiger partial charge is 0.355 e. The zero-order chi connectivity index (χ0) is 20.8. The van der Waals surface area contributed by atoms with E-state index in [1.165, 1.54) is 18.2 Å². The molecule has 0 radical (unpaired) electrons. The van der Waals surface area contributed by atoms with Gasteiger partial charge in [0.05, 0.1) is 17.1 Å². The number of sulfonamides is 1. The first kappa shape index (κ1) is 19.4. The molecule has 1 aliphatic carbocycles. The standard InChI is InChI=1S/C20H21N3O5S/c1-2-28-20(25)18-13-6-4-3-5-12(13)17(22-18)10-15-14-9-11(29(21,26)27)7-8-16(14)23-19(15)24/h7-10,22H,2-6H2,1H3,(H,23,24)(H2,21,26,27)/b15-10-. The van der Waals surface area contributed by atoms with Crippen LogP contribution in [0, 0.1) is 0 Å². The van der Waals surface area contributed by atoms with Gasteiger partial charge in [0.15, 0.2) is 0 Å². The first-order valence-corrected chi connectivity index (χ1v) is 11.0. The van der Waals surface area contributed by atoms with Crippen LogP contribution in [-0.2, 0) is 32.4 Å². The second kappa shape index (κ2) is 7.16. The number of ether oxygens (including phenoxy) is 1. The maximum Gasteiger partial charge on any atom is 0.355 e. The molecule has 0 spiro atoms. The first-order chi connectivity index (χ1) is 13.8. The van der Waals surface area contributed by atoms with E-state index in [4.69, 9.17) is 9.88 Å². The average molecular weight is 415 g/mol. The number of carbonyl (C=O) groups excluding carboxylic acids is 2. The molecule has 4 rings (SSSR count). The van der Waals surface area contributed by atoms with Crippen LogP contribution >= 0.6 is 0 Å². The van der Waals surface area contributed by atoms with Gasteiger partial charge in [-0.05, 0) is 68.0 Å². The molecule has 152 valence electrons. The lowest BCUT2D eigenvalue weighted by molar-refractivity contribution is -0.110. The van der Waals surface area contributed by atoms with Crippen LogP contribution in [0.5, 0.6) is 0 Å². The third-order valence-electron chi connectivity index (χ3n) is 5.23. The minimum atomic E-state index is -3.90. The van der Waals surface area contributed by atoms with Crippen LogP contribution < -0.4 is 10.5 Å². The van der Waals surface area contributed by atoms with Crippen LogP contribution in [0.4, 0.5) is 5.69 Å². The highest BCUT2D eigenvalue weighted by atomic mass is 32.2. The highest BCUT2D eigenvalue weighted by molar-refractivity contribution is 7.89. The summed E-state index contributed by atoms with van der Waals surface area (Å²) in [5.74, 6) is -0.758. The minimum Gasteiger partial charge on any atom is -0.461 e. The predicted octanol–water partition coefficient (Wildman–Crippen LogP) is 2.21. The number of aromatic nitrogens is 1. The lowest BCUT2D eigenvalue weighted by Crippen LogP contribution is -2.12. The molecular formula is C20H21N3O5S. The molecule has 0 atom stereocenters. The normalized spacial score (nSPS) is 17.0. The SMILES string of the molecule is CCOC(=O)c1[nH]c(/C=C2\C(=O)Nc3ccc(S(N)(=O)=O)cc32)c2c1CCCC2. The van der Waals surface area contributed by atoms with Crippen molar-refractivity contribution < 1.29 is 22.7 Å². The number of fused-ring (bicyclic) bond motifs is 2. The molecule has 1 aromatic carbocycles. The van der Waals surface area contributed by atoms with E-state index in [1.54, 1.807) is 13.0 Å². The van der Waals surface area contributed by atoms with Crippen molar-refractivity contribution in [1.82, 2.24) is 4.98 Å². The Morgan fingerprint density at radius 3 is 2.66 bits per heavy atom. The molecule has 0 saturated heterocycles. The summed E-state index contributed by atoms with van der Waals surface area (Å²) in [6.45, 7) is 2.02. The Labute approximate surface area is 168 Å². The van der Waals surface area contributed by atoms with Gasteiger partial charge in [-0.25, -0.2) is 18.4 Å². The molecule has 0 bridgehead atoms. The van der Waals surface area contributed by atoms with Crippen molar-refractivity contribution in [2.45, 2.75) is 37.5 Å². The Balaban J connectivity index is 1.84. The molecule has 0 fully saturated rings. The van der Waals surface area contributed by atoms with Crippen LogP contribution in [0.25, 0.3) is 11.6 Å². The number of anilines is 1. The lowest BCUT2D eigenvalue weighted by Gasteiger charge is -2.13. The van der Waals surface area contributed by atoms with Crippen molar-refractivity contribution in [3.8, 4) is 0 Å². The van der Waals surface area contributed by atoms with Crippen molar-refractivity contribution in [3.05, 3.63) is 46.3 Å². The second-order valence-electron chi connectivity index (χ2n) is 7.06. The predicted molar refractivity (Wildman–Crippen MR) is 108 cm³/mol. The third-order valence-corrected chi connectivity index (χ3v) is 6.14. The van der Waals surface area contributed by atoms with Crippen molar-refractivity contribution in [2.24, 2.45) is 5.14 Å². The number of hydrogen-bond donors (Lipinski definition) is 3. The van der Waals surface area contributed by atoms with Gasteiger partial charge in [-0.2, -0.15) is 0 Å². The number of nitrogens with one attached hydrogen (secondary N) is 2. The van der Waals surface area contributed by atoms with Gasteiger partial charge >= 0.3 is 5.97 Å². The highest BCUT2D eigenvalue weighted by Gasteiger charge is 2.29. The minimum absolute atomic E-state index is 0.0700. The number of hydrogen-bond acceptors (Lipinski definition) is 5. The highest BCUT2D eigenvalue weighted by Crippen LogP contribution is 2.36. The van der Waals surface area contributed by atoms with E-state index in [0.29, 0.717) is 28.2 Å². The van der Waals surface area contributed by atoms with Crippen molar-refractivity contribution in [2.75, 3.05) is 11.9 Å². The number of carbonyl (C=O) groups is 2. The Kier molecular flexibility index (Phi) is 4.79. The molecule has 1 amide bonds. The molecule has 29 heavy (non-hydrogen) atoms. The molecule has 1 aliphatic heterocycles. The third kappa shape index (κ3) is 3.47. The van der Waals surface area contributed by atoms with Gasteiger partial charge in [0, 0.05) is 16.9 Å². The number of amides is 1. The summed E-state index contributed by atoms with van der Waals surface area (Å²) in [5, 5.41) is 7.96. The number of H-pyrrole nitrogens is 1. The summed E-state index contributed by atoms with van der Waals surface area (Å²) in [6.07, 6.45) is 5.19. The Morgan fingerprint density at radius 2 is 1.97 bits per heavy atom. The summed E-state index contributed by atoms with van der Waals surface area (Å²) >= 11 is 0. The van der Waals surface area contributed by atoms with E-state index in [1.807, 2.05) is 0 Å². The summed E-state index contributed by atoms with van der Waals surface area (Å²) in [7, 11) is -3.90. The first-order valence-electron chi connectivity index (χ1n) is 9.40. The Morgan fingerprint density at radius 1 is 1.24 bits per heavy atom. The quantitative estimate of drug-likeness (QED) is 0.520. The number of esters is 1. The summed E-state index contributed by atoms with van der Waals surface area (Å²) < 4.78 is 28.6. The molecule has 1 aromatic heterocycles. The average Bonchev–Trinajstić information content (AvgIpc) is 3.19. The van der Waals surface area contributed by atoms with Gasteiger partial charge in [0.25, 0.3) is 5.91 Å². The van der Waals surface area contributed by atoms with Gasteiger partial charge in [0.1, 0.15) is 5.69 Å². The molecular weight excluding hydrogens is 394 g/mol. The van der Waals surface area contributed by atoms with Gasteiger partial charge in [-0.1, -0.05) is 0 Å². The number of rotatable bonds is 4. The number of nitrogens with two attached hydrogens (primary N) is 1. The van der Waals surface area contributed by atoms with Crippen molar-refractivity contribution in [3.63, 3.8) is 0 Å². The topological polar surface area (TPSA) is 131 Å². The van der Waals surface area contributed by atoms with E-state index in [9.17, 15) is 18.0 Å². The maximum absolute atomic E-state index is 12.5. The summed E-state index contributed by atoms with van der Waals surface area (Å²) in [4.78, 5) is 27.9. The number of primary sulfonamides is 1. The van der Waals surface area contributed by atoms with Crippen LogP contribution in [0.3, 0.4) is 0 Å². The van der Waals surface area contributed by atoms with Crippen LogP contribution in [0.15, 0.2) is 23.1 Å². The van der Waals surface area contributed by atoms with Crippen molar-refractivity contribution in [1.29, 1.82) is 0 Å². The van der Waals surface area contributed by atoms with Crippen LogP contribution in [-0.4, -0.2) is 31.9 Å². The van der Waals surface area contributed by atoms with Crippen LogP contribution in [0.2, 0.25) is 0 Å². The van der Waals surface area contributed by atoms with E-state index in [2.05, 4.69) is 10.3 Å². The maximum atomic E-state index is 12.5. The fourth-order valence-corrected chi connectivity index (χ4v) is 4.44. The molecule has 0 saturated carbocycles. The van der Waals surface area contributed by atoms with E-state index >= 15 is 0 Å². The fourth-order valence-electron chi connectivity index (χ4n) is 3.90. The molecule has 9 heteroatoms. The number of benzene rings is 1. The van der Waals surface area contributed by atoms with E-state index in [-0.39, 0.29) is 17.4 Å². The van der Waals surface area contributed by atoms with E-state index in [0.717, 1.165) is 36.8 Å². The molecule has 0 unspecified atom stereocenters. The fraction of sp³-hybridized carbons (Fsp3) is 0.300. The van der Waals surface area contributed by atoms with Crippen LogP contribution in [0.1, 0.15) is 52.6 Å².